The highest BCUT2D eigenvalue weighted by Crippen LogP contribution is 2.44. The molecule has 32 heavy (non-hydrogen) atoms. The summed E-state index contributed by atoms with van der Waals surface area (Å²) in [5.41, 5.74) is 1.60. The molecule has 2 saturated heterocycles. The summed E-state index contributed by atoms with van der Waals surface area (Å²) in [6.07, 6.45) is 9.57. The number of rotatable bonds is 4. The van der Waals surface area contributed by atoms with Gasteiger partial charge in [-0.1, -0.05) is 22.7 Å². The first-order chi connectivity index (χ1) is 15.3. The molecule has 0 unspecified atom stereocenters. The van der Waals surface area contributed by atoms with Gasteiger partial charge < -0.3 is 10.2 Å². The van der Waals surface area contributed by atoms with E-state index in [1.807, 2.05) is 0 Å². The highest BCUT2D eigenvalue weighted by Gasteiger charge is 2.49. The zero-order valence-electron chi connectivity index (χ0n) is 18.1. The number of aromatic amines is 1. The fourth-order valence-corrected chi connectivity index (χ4v) is 7.27. The lowest BCUT2D eigenvalue weighted by atomic mass is 9.84. The van der Waals surface area contributed by atoms with Crippen LogP contribution in [-0.4, -0.2) is 53.9 Å². The SMILES string of the molecule is CN(c1nc2sc(-n3cnc(-c4cn[nH]c4)cc3=O)nc2s1)[C@H]1C[C@]2(C)CC[C@](C)(C1)N2. The molecule has 0 aromatic carbocycles. The van der Waals surface area contributed by atoms with Crippen LogP contribution in [-0.2, 0) is 0 Å². The first-order valence-electron chi connectivity index (χ1n) is 10.7. The molecule has 6 rings (SSSR count). The van der Waals surface area contributed by atoms with Gasteiger partial charge in [-0.25, -0.2) is 19.5 Å². The van der Waals surface area contributed by atoms with Gasteiger partial charge in [0, 0.05) is 42.0 Å². The van der Waals surface area contributed by atoms with Gasteiger partial charge in [0.15, 0.2) is 14.8 Å². The second kappa shape index (κ2) is 6.93. The van der Waals surface area contributed by atoms with Crippen molar-refractivity contribution in [3.8, 4) is 16.4 Å². The summed E-state index contributed by atoms with van der Waals surface area (Å²) in [7, 11) is 2.15. The van der Waals surface area contributed by atoms with Crippen LogP contribution >= 0.6 is 22.7 Å². The van der Waals surface area contributed by atoms with Crippen LogP contribution < -0.4 is 15.8 Å². The molecule has 0 spiro atoms. The van der Waals surface area contributed by atoms with Crippen molar-refractivity contribution in [1.82, 2.24) is 35.0 Å². The maximum atomic E-state index is 12.7. The maximum absolute atomic E-state index is 12.7. The molecule has 0 saturated carbocycles. The maximum Gasteiger partial charge on any atom is 0.260 e. The highest BCUT2D eigenvalue weighted by molar-refractivity contribution is 7.29. The summed E-state index contributed by atoms with van der Waals surface area (Å²) >= 11 is 3.01. The highest BCUT2D eigenvalue weighted by atomic mass is 32.1. The van der Waals surface area contributed by atoms with Crippen LogP contribution in [0.2, 0.25) is 0 Å². The minimum absolute atomic E-state index is 0.179. The predicted molar refractivity (Wildman–Crippen MR) is 127 cm³/mol. The Morgan fingerprint density at radius 2 is 1.91 bits per heavy atom. The van der Waals surface area contributed by atoms with Gasteiger partial charge in [-0.2, -0.15) is 5.10 Å². The van der Waals surface area contributed by atoms with Crippen molar-refractivity contribution in [3.05, 3.63) is 35.1 Å². The molecule has 166 valence electrons. The standard InChI is InChI=1S/C21H24N8OS2/c1-20-4-5-21(2,27-20)8-13(7-20)28(3)18-25-16-17(31-18)26-19(32-16)29-11-22-14(6-15(29)30)12-9-23-24-10-12/h6,9-11,13,27H,4-5,7-8H2,1-3H3,(H,23,24)/t13-,20-,21+. The fraction of sp³-hybridized carbons (Fsp3) is 0.476. The van der Waals surface area contributed by atoms with E-state index in [0.29, 0.717) is 16.9 Å². The summed E-state index contributed by atoms with van der Waals surface area (Å²) in [6.45, 7) is 4.69. The molecule has 4 aromatic heterocycles. The minimum atomic E-state index is -0.179. The number of thiazole rings is 2. The third-order valence-electron chi connectivity index (χ3n) is 6.82. The van der Waals surface area contributed by atoms with Crippen LogP contribution in [0.3, 0.4) is 0 Å². The Balaban J connectivity index is 1.27. The number of nitrogens with one attached hydrogen (secondary N) is 2. The molecular formula is C21H24N8OS2. The average molecular weight is 469 g/mol. The molecule has 2 N–H and O–H groups in total. The number of fused-ring (bicyclic) bond motifs is 3. The zero-order chi connectivity index (χ0) is 22.1. The molecule has 2 aliphatic rings. The Bertz CT molecular complexity index is 1310. The topological polar surface area (TPSA) is 105 Å². The third kappa shape index (κ3) is 3.26. The van der Waals surface area contributed by atoms with E-state index in [0.717, 1.165) is 33.2 Å². The molecule has 6 heterocycles. The normalized spacial score (nSPS) is 27.3. The van der Waals surface area contributed by atoms with Crippen LogP contribution in [0, 0.1) is 0 Å². The molecule has 2 bridgehead atoms. The van der Waals surface area contributed by atoms with E-state index < -0.39 is 0 Å². The van der Waals surface area contributed by atoms with Crippen molar-refractivity contribution in [2.75, 3.05) is 11.9 Å². The van der Waals surface area contributed by atoms with Crippen LogP contribution in [0.15, 0.2) is 29.6 Å². The largest absolute Gasteiger partial charge is 0.348 e. The van der Waals surface area contributed by atoms with Gasteiger partial charge in [0.05, 0.1) is 11.9 Å². The molecule has 2 fully saturated rings. The molecule has 11 heteroatoms. The molecular weight excluding hydrogens is 444 g/mol. The Labute approximate surface area is 192 Å². The third-order valence-corrected chi connectivity index (χ3v) is 8.93. The molecule has 0 amide bonds. The number of nitrogens with zero attached hydrogens (tertiary/aromatic N) is 6. The number of H-pyrrole nitrogens is 1. The minimum Gasteiger partial charge on any atom is -0.348 e. The van der Waals surface area contributed by atoms with Crippen LogP contribution in [0.1, 0.15) is 39.5 Å². The number of hydrogen-bond donors (Lipinski definition) is 2. The van der Waals surface area contributed by atoms with E-state index in [9.17, 15) is 4.79 Å². The van der Waals surface area contributed by atoms with E-state index in [4.69, 9.17) is 9.97 Å². The summed E-state index contributed by atoms with van der Waals surface area (Å²) in [6, 6.07) is 1.95. The molecule has 0 aliphatic carbocycles. The van der Waals surface area contributed by atoms with Crippen molar-refractivity contribution in [2.24, 2.45) is 0 Å². The monoisotopic (exact) mass is 468 g/mol. The number of aromatic nitrogens is 6. The van der Waals surface area contributed by atoms with Crippen molar-refractivity contribution in [1.29, 1.82) is 0 Å². The van der Waals surface area contributed by atoms with Gasteiger partial charge in [0.25, 0.3) is 5.56 Å². The summed E-state index contributed by atoms with van der Waals surface area (Å²) in [5.74, 6) is 0. The van der Waals surface area contributed by atoms with Crippen LogP contribution in [0.5, 0.6) is 0 Å². The first-order valence-corrected chi connectivity index (χ1v) is 12.3. The Morgan fingerprint density at radius 3 is 2.56 bits per heavy atom. The van der Waals surface area contributed by atoms with Crippen molar-refractivity contribution < 1.29 is 0 Å². The first kappa shape index (κ1) is 20.0. The van der Waals surface area contributed by atoms with Gasteiger partial charge in [0.1, 0.15) is 6.33 Å². The molecule has 2 aliphatic heterocycles. The Kier molecular flexibility index (Phi) is 4.33. The molecule has 0 radical (unpaired) electrons. The van der Waals surface area contributed by atoms with Gasteiger partial charge in [-0.15, -0.1) is 0 Å². The van der Waals surface area contributed by atoms with Crippen molar-refractivity contribution in [3.63, 3.8) is 0 Å². The van der Waals surface area contributed by atoms with Gasteiger partial charge in [-0.3, -0.25) is 9.89 Å². The summed E-state index contributed by atoms with van der Waals surface area (Å²) in [5, 5.41) is 12.1. The Morgan fingerprint density at radius 1 is 1.16 bits per heavy atom. The van der Waals surface area contributed by atoms with Crippen molar-refractivity contribution >= 4 is 37.5 Å². The van der Waals surface area contributed by atoms with E-state index in [1.54, 1.807) is 23.7 Å². The van der Waals surface area contributed by atoms with Gasteiger partial charge in [0.2, 0.25) is 5.13 Å². The second-order valence-corrected chi connectivity index (χ2v) is 11.4. The summed E-state index contributed by atoms with van der Waals surface area (Å²) in [4.78, 5) is 30.7. The number of piperidine rings is 1. The van der Waals surface area contributed by atoms with E-state index in [1.165, 1.54) is 41.1 Å². The summed E-state index contributed by atoms with van der Waals surface area (Å²) < 4.78 is 1.47. The zero-order valence-corrected chi connectivity index (χ0v) is 19.8. The second-order valence-electron chi connectivity index (χ2n) is 9.49. The quantitative estimate of drug-likeness (QED) is 0.474. The lowest BCUT2D eigenvalue weighted by molar-refractivity contribution is 0.208. The molecule has 9 nitrogen and oxygen atoms in total. The van der Waals surface area contributed by atoms with Crippen molar-refractivity contribution in [2.45, 2.75) is 56.7 Å². The fourth-order valence-electron chi connectivity index (χ4n) is 5.22. The lowest BCUT2D eigenvalue weighted by Crippen LogP contribution is -2.58. The van der Waals surface area contributed by atoms with E-state index in [2.05, 4.69) is 46.3 Å². The number of anilines is 1. The predicted octanol–water partition coefficient (Wildman–Crippen LogP) is 3.19. The van der Waals surface area contributed by atoms with Crippen LogP contribution in [0.4, 0.5) is 5.13 Å². The van der Waals surface area contributed by atoms with Crippen LogP contribution in [0.25, 0.3) is 26.0 Å². The molecule has 4 aromatic rings. The number of hydrogen-bond acceptors (Lipinski definition) is 9. The molecule has 3 atom stereocenters. The smallest absolute Gasteiger partial charge is 0.260 e. The average Bonchev–Trinajstić information content (AvgIpc) is 3.50. The lowest BCUT2D eigenvalue weighted by Gasteiger charge is -2.45. The van der Waals surface area contributed by atoms with E-state index >= 15 is 0 Å². The van der Waals surface area contributed by atoms with Gasteiger partial charge >= 0.3 is 0 Å². The Hall–Kier alpha value is -2.63. The van der Waals surface area contributed by atoms with Gasteiger partial charge in [-0.05, 0) is 39.5 Å². The van der Waals surface area contributed by atoms with E-state index in [-0.39, 0.29) is 16.6 Å².